The Morgan fingerprint density at radius 3 is 2.88 bits per heavy atom. The van der Waals surface area contributed by atoms with Crippen LogP contribution in [0.15, 0.2) is 21.8 Å². The van der Waals surface area contributed by atoms with Crippen LogP contribution < -0.4 is 11.1 Å². The predicted octanol–water partition coefficient (Wildman–Crippen LogP) is 3.05. The Balaban J connectivity index is 1.87. The van der Waals surface area contributed by atoms with Gasteiger partial charge < -0.3 is 11.1 Å². The molecule has 1 saturated carbocycles. The summed E-state index contributed by atoms with van der Waals surface area (Å²) in [4.78, 5) is 4.57. The zero-order valence-corrected chi connectivity index (χ0v) is 11.2. The molecule has 1 aromatic heterocycles. The van der Waals surface area contributed by atoms with Gasteiger partial charge in [-0.2, -0.15) is 11.3 Å². The van der Waals surface area contributed by atoms with E-state index < -0.39 is 0 Å². The van der Waals surface area contributed by atoms with E-state index in [-0.39, 0.29) is 6.04 Å². The summed E-state index contributed by atoms with van der Waals surface area (Å²) in [6.45, 7) is 2.12. The molecule has 0 aromatic carbocycles. The van der Waals surface area contributed by atoms with E-state index in [0.717, 1.165) is 0 Å². The highest BCUT2D eigenvalue weighted by Gasteiger charge is 2.13. The Kier molecular flexibility index (Phi) is 4.42. The van der Waals surface area contributed by atoms with Crippen LogP contribution in [0.25, 0.3) is 0 Å². The highest BCUT2D eigenvalue weighted by molar-refractivity contribution is 7.07. The number of rotatable bonds is 3. The third-order valence-corrected chi connectivity index (χ3v) is 4.01. The van der Waals surface area contributed by atoms with Gasteiger partial charge in [-0.3, -0.25) is 4.99 Å². The maximum atomic E-state index is 5.95. The first-order chi connectivity index (χ1) is 8.25. The van der Waals surface area contributed by atoms with Crippen LogP contribution in [0, 0.1) is 0 Å². The Labute approximate surface area is 107 Å². The van der Waals surface area contributed by atoms with E-state index in [1.54, 1.807) is 11.3 Å². The van der Waals surface area contributed by atoms with E-state index in [1.807, 2.05) is 0 Å². The van der Waals surface area contributed by atoms with Gasteiger partial charge in [-0.05, 0) is 42.2 Å². The predicted molar refractivity (Wildman–Crippen MR) is 74.4 cm³/mol. The number of nitrogens with zero attached hydrogens (tertiary/aromatic N) is 1. The molecular formula is C13H21N3S. The fourth-order valence-corrected chi connectivity index (χ4v) is 3.02. The molecule has 94 valence electrons. The standard InChI is InChI=1S/C13H21N3S/c1-10(11-7-8-17-9-11)15-13(14)16-12-5-3-2-4-6-12/h7-10,12H,2-6H2,1H3,(H3,14,15,16). The molecule has 1 aromatic rings. The zero-order chi connectivity index (χ0) is 12.1. The molecule has 0 saturated heterocycles. The molecule has 2 rings (SSSR count). The quantitative estimate of drug-likeness (QED) is 0.641. The average molecular weight is 251 g/mol. The summed E-state index contributed by atoms with van der Waals surface area (Å²) in [5.74, 6) is 0.593. The average Bonchev–Trinajstić information content (AvgIpc) is 2.83. The fraction of sp³-hybridized carbons (Fsp3) is 0.615. The van der Waals surface area contributed by atoms with Crippen molar-refractivity contribution in [3.63, 3.8) is 0 Å². The molecule has 0 aliphatic heterocycles. The fourth-order valence-electron chi connectivity index (χ4n) is 2.27. The number of hydrogen-bond acceptors (Lipinski definition) is 2. The maximum absolute atomic E-state index is 5.95. The van der Waals surface area contributed by atoms with Gasteiger partial charge in [0.15, 0.2) is 5.96 Å². The summed E-state index contributed by atoms with van der Waals surface area (Å²) in [6, 6.07) is 2.80. The molecule has 1 fully saturated rings. The second-order valence-corrected chi connectivity index (χ2v) is 5.51. The molecule has 1 aliphatic rings. The lowest BCUT2D eigenvalue weighted by molar-refractivity contribution is 0.441. The van der Waals surface area contributed by atoms with Crippen molar-refractivity contribution in [2.45, 2.75) is 51.1 Å². The van der Waals surface area contributed by atoms with Crippen LogP contribution in [0.4, 0.5) is 0 Å². The van der Waals surface area contributed by atoms with E-state index in [4.69, 9.17) is 5.73 Å². The van der Waals surface area contributed by atoms with Gasteiger partial charge in [0.25, 0.3) is 0 Å². The molecule has 17 heavy (non-hydrogen) atoms. The van der Waals surface area contributed by atoms with Crippen LogP contribution in [-0.2, 0) is 0 Å². The largest absolute Gasteiger partial charge is 0.370 e. The molecule has 1 unspecified atom stereocenters. The van der Waals surface area contributed by atoms with E-state index in [9.17, 15) is 0 Å². The molecule has 1 aliphatic carbocycles. The first-order valence-corrected chi connectivity index (χ1v) is 7.32. The third kappa shape index (κ3) is 3.73. The first-order valence-electron chi connectivity index (χ1n) is 6.37. The van der Waals surface area contributed by atoms with E-state index >= 15 is 0 Å². The van der Waals surface area contributed by atoms with E-state index in [1.165, 1.54) is 37.7 Å². The molecule has 4 heteroatoms. The molecule has 3 nitrogen and oxygen atoms in total. The first kappa shape index (κ1) is 12.4. The van der Waals surface area contributed by atoms with Gasteiger partial charge in [-0.25, -0.2) is 0 Å². The summed E-state index contributed by atoms with van der Waals surface area (Å²) in [7, 11) is 0. The summed E-state index contributed by atoms with van der Waals surface area (Å²) >= 11 is 1.71. The number of aliphatic imine (C=N–C) groups is 1. The van der Waals surface area contributed by atoms with Crippen molar-refractivity contribution >= 4 is 17.3 Å². The zero-order valence-electron chi connectivity index (χ0n) is 10.4. The van der Waals surface area contributed by atoms with Gasteiger partial charge in [0, 0.05) is 0 Å². The number of guanidine groups is 1. The highest BCUT2D eigenvalue weighted by Crippen LogP contribution is 2.20. The van der Waals surface area contributed by atoms with Crippen molar-refractivity contribution in [2.75, 3.05) is 0 Å². The maximum Gasteiger partial charge on any atom is 0.189 e. The Morgan fingerprint density at radius 1 is 1.47 bits per heavy atom. The summed E-state index contributed by atoms with van der Waals surface area (Å²) in [6.07, 6.45) is 6.32. The lowest BCUT2D eigenvalue weighted by Crippen LogP contribution is -2.35. The van der Waals surface area contributed by atoms with Crippen molar-refractivity contribution < 1.29 is 0 Å². The van der Waals surface area contributed by atoms with Gasteiger partial charge in [-0.15, -0.1) is 0 Å². The van der Waals surface area contributed by atoms with Crippen molar-refractivity contribution in [2.24, 2.45) is 10.7 Å². The molecule has 0 amide bonds. The second-order valence-electron chi connectivity index (χ2n) is 4.73. The summed E-state index contributed by atoms with van der Waals surface area (Å²) < 4.78 is 0. The van der Waals surface area contributed by atoms with E-state index in [2.05, 4.69) is 34.1 Å². The van der Waals surface area contributed by atoms with Crippen LogP contribution in [0.3, 0.4) is 0 Å². The number of nitrogens with one attached hydrogen (secondary N) is 1. The van der Waals surface area contributed by atoms with E-state index in [0.29, 0.717) is 12.0 Å². The molecule has 1 heterocycles. The summed E-state index contributed by atoms with van der Waals surface area (Å²) in [5, 5.41) is 7.49. The smallest absolute Gasteiger partial charge is 0.189 e. The van der Waals surface area contributed by atoms with Gasteiger partial charge in [-0.1, -0.05) is 19.3 Å². The van der Waals surface area contributed by atoms with Gasteiger partial charge in [0.2, 0.25) is 0 Å². The Hall–Kier alpha value is -1.03. The SMILES string of the molecule is CC(NC(N)=NC1CCCCC1)c1ccsc1. The Bertz CT molecular complexity index is 353. The van der Waals surface area contributed by atoms with Crippen LogP contribution in [-0.4, -0.2) is 12.0 Å². The Morgan fingerprint density at radius 2 is 2.24 bits per heavy atom. The van der Waals surface area contributed by atoms with Crippen LogP contribution in [0.1, 0.15) is 50.6 Å². The van der Waals surface area contributed by atoms with Crippen molar-refractivity contribution in [3.05, 3.63) is 22.4 Å². The lowest BCUT2D eigenvalue weighted by Gasteiger charge is -2.20. The monoisotopic (exact) mass is 251 g/mol. The van der Waals surface area contributed by atoms with Gasteiger partial charge >= 0.3 is 0 Å². The topological polar surface area (TPSA) is 50.4 Å². The van der Waals surface area contributed by atoms with Crippen LogP contribution >= 0.6 is 11.3 Å². The highest BCUT2D eigenvalue weighted by atomic mass is 32.1. The molecule has 0 radical (unpaired) electrons. The van der Waals surface area contributed by atoms with Crippen molar-refractivity contribution in [1.29, 1.82) is 0 Å². The van der Waals surface area contributed by atoms with Gasteiger partial charge in [0.1, 0.15) is 0 Å². The lowest BCUT2D eigenvalue weighted by atomic mass is 9.96. The van der Waals surface area contributed by atoms with Crippen LogP contribution in [0.5, 0.6) is 0 Å². The third-order valence-electron chi connectivity index (χ3n) is 3.30. The minimum absolute atomic E-state index is 0.244. The minimum Gasteiger partial charge on any atom is -0.370 e. The van der Waals surface area contributed by atoms with Crippen LogP contribution in [0.2, 0.25) is 0 Å². The second kappa shape index (κ2) is 6.05. The minimum atomic E-state index is 0.244. The number of nitrogens with two attached hydrogens (primary N) is 1. The molecule has 1 atom stereocenters. The molecule has 0 bridgehead atoms. The van der Waals surface area contributed by atoms with Gasteiger partial charge in [0.05, 0.1) is 12.1 Å². The van der Waals surface area contributed by atoms with Crippen molar-refractivity contribution in [1.82, 2.24) is 5.32 Å². The normalized spacial score (nSPS) is 20.2. The number of hydrogen-bond donors (Lipinski definition) is 2. The number of thiophene rings is 1. The summed E-state index contributed by atoms with van der Waals surface area (Å²) in [5.41, 5.74) is 7.23. The molecule has 0 spiro atoms. The molecular weight excluding hydrogens is 230 g/mol. The van der Waals surface area contributed by atoms with Crippen molar-refractivity contribution in [3.8, 4) is 0 Å². The molecule has 3 N–H and O–H groups in total.